The minimum Gasteiger partial charge on any atom is -0.476 e. The Bertz CT molecular complexity index is 900. The number of ether oxygens (including phenoxy) is 2. The number of halogens is 2. The molecule has 0 amide bonds. The number of aromatic nitrogens is 4. The summed E-state index contributed by atoms with van der Waals surface area (Å²) in [6.45, 7) is 5.87. The van der Waals surface area contributed by atoms with Crippen LogP contribution in [-0.4, -0.2) is 57.9 Å². The lowest BCUT2D eigenvalue weighted by Gasteiger charge is -2.37. The van der Waals surface area contributed by atoms with Gasteiger partial charge in [0.15, 0.2) is 18.0 Å². The van der Waals surface area contributed by atoms with Gasteiger partial charge in [0, 0.05) is 7.11 Å². The zero-order valence-electron chi connectivity index (χ0n) is 17.4. The van der Waals surface area contributed by atoms with Gasteiger partial charge in [-0.3, -0.25) is 18.1 Å². The van der Waals surface area contributed by atoms with Gasteiger partial charge in [-0.2, -0.15) is 9.97 Å². The van der Waals surface area contributed by atoms with E-state index < -0.39 is 33.2 Å². The number of nitrogen functional groups attached to an aromatic ring is 1. The summed E-state index contributed by atoms with van der Waals surface area (Å²) in [6.07, 6.45) is 0.0138. The Kier molecular flexibility index (Phi) is 8.06. The number of fused-ring (bicyclic) bond motifs is 1. The summed E-state index contributed by atoms with van der Waals surface area (Å²) in [7, 11) is -2.44. The van der Waals surface area contributed by atoms with Gasteiger partial charge in [0.05, 0.1) is 19.0 Å². The molecular formula is C16H26F2N5O6P. The van der Waals surface area contributed by atoms with E-state index in [4.69, 9.17) is 24.0 Å². The molecule has 3 rings (SSSR count). The predicted octanol–water partition coefficient (Wildman–Crippen LogP) is 3.00. The maximum absolute atomic E-state index is 13.7. The summed E-state index contributed by atoms with van der Waals surface area (Å²) in [5.74, 6) is -1.75. The number of hydrogen-bond donors (Lipinski definition) is 1. The number of phosphoric acid groups is 1. The number of hydrogen-bond acceptors (Lipinski definition) is 10. The number of rotatable bonds is 6. The van der Waals surface area contributed by atoms with Crippen molar-refractivity contribution in [2.45, 2.75) is 52.6 Å². The Hall–Kier alpha value is -1.92. The van der Waals surface area contributed by atoms with Crippen LogP contribution in [0, 0.1) is 0 Å². The lowest BCUT2D eigenvalue weighted by atomic mass is 10.2. The highest BCUT2D eigenvalue weighted by Gasteiger charge is 2.50. The van der Waals surface area contributed by atoms with Crippen LogP contribution in [0.25, 0.3) is 11.2 Å². The molecule has 1 unspecified atom stereocenters. The first kappa shape index (κ1) is 24.4. The number of methoxy groups -OCH3 is 1. The molecule has 0 aliphatic carbocycles. The second kappa shape index (κ2) is 9.92. The summed E-state index contributed by atoms with van der Waals surface area (Å²) in [5, 5.41) is 0. The molecule has 11 nitrogen and oxygen atoms in total. The van der Waals surface area contributed by atoms with Gasteiger partial charge in [0.2, 0.25) is 11.8 Å². The molecule has 1 saturated heterocycles. The van der Waals surface area contributed by atoms with E-state index in [0.717, 1.165) is 0 Å². The van der Waals surface area contributed by atoms with Crippen molar-refractivity contribution >= 4 is 24.9 Å². The van der Waals surface area contributed by atoms with Crippen LogP contribution in [0.3, 0.4) is 0 Å². The first-order chi connectivity index (χ1) is 14.1. The summed E-state index contributed by atoms with van der Waals surface area (Å²) >= 11 is 0. The standard InChI is InChI=1S/C8H10FN5O.C8H16FO5P/c1-2-15-7-5-6(12-8(10)13-7)14(3-9)4-11-5;1-6(2)13-15(10)12-5-8(9,11-4)7(3)14-15/h4H,2-3H2,1H3,(H2,10,12,13);6-7H,5H2,1-4H3/t;7-,8+,15?/m.0/s1. The van der Waals surface area contributed by atoms with Crippen molar-refractivity contribution in [3.63, 3.8) is 0 Å². The molecule has 1 fully saturated rings. The molecule has 2 aromatic rings. The zero-order chi connectivity index (χ0) is 22.5. The quantitative estimate of drug-likeness (QED) is 0.651. The first-order valence-corrected chi connectivity index (χ1v) is 10.6. The molecule has 0 spiro atoms. The fourth-order valence-electron chi connectivity index (χ4n) is 2.38. The molecule has 3 atom stereocenters. The van der Waals surface area contributed by atoms with Gasteiger partial charge < -0.3 is 15.2 Å². The molecule has 3 heterocycles. The van der Waals surface area contributed by atoms with E-state index in [1.165, 1.54) is 24.9 Å². The van der Waals surface area contributed by atoms with Gasteiger partial charge in [-0.25, -0.2) is 18.3 Å². The van der Waals surface area contributed by atoms with Crippen LogP contribution < -0.4 is 10.5 Å². The van der Waals surface area contributed by atoms with Crippen molar-refractivity contribution in [3.05, 3.63) is 6.33 Å². The highest BCUT2D eigenvalue weighted by molar-refractivity contribution is 7.48. The van der Waals surface area contributed by atoms with Gasteiger partial charge in [-0.1, -0.05) is 0 Å². The Morgan fingerprint density at radius 1 is 1.47 bits per heavy atom. The molecule has 1 aliphatic rings. The molecule has 170 valence electrons. The van der Waals surface area contributed by atoms with Crippen LogP contribution in [0.4, 0.5) is 14.7 Å². The average molecular weight is 453 g/mol. The molecule has 1 aliphatic heterocycles. The second-order valence-corrected chi connectivity index (χ2v) is 8.01. The van der Waals surface area contributed by atoms with Crippen molar-refractivity contribution in [1.82, 2.24) is 19.5 Å². The van der Waals surface area contributed by atoms with Gasteiger partial charge >= 0.3 is 7.82 Å². The fourth-order valence-corrected chi connectivity index (χ4v) is 3.95. The number of alkyl halides is 2. The van der Waals surface area contributed by atoms with E-state index in [2.05, 4.69) is 19.7 Å². The highest BCUT2D eigenvalue weighted by atomic mass is 31.2. The Balaban J connectivity index is 0.000000214. The molecule has 0 saturated carbocycles. The maximum Gasteiger partial charge on any atom is 0.475 e. The van der Waals surface area contributed by atoms with Crippen molar-refractivity contribution in [1.29, 1.82) is 0 Å². The minimum atomic E-state index is -3.64. The van der Waals surface area contributed by atoms with E-state index in [9.17, 15) is 13.3 Å². The number of anilines is 1. The SMILES string of the molecule is CCOc1nc(N)nc2c1ncn2CF.CO[C@]1(F)COP(=O)(OC(C)C)O[C@H]1C. The third-order valence-corrected chi connectivity index (χ3v) is 5.55. The van der Waals surface area contributed by atoms with E-state index in [1.807, 2.05) is 6.92 Å². The lowest BCUT2D eigenvalue weighted by Crippen LogP contribution is -2.46. The van der Waals surface area contributed by atoms with Gasteiger partial charge in [0.1, 0.15) is 12.7 Å². The average Bonchev–Trinajstić information content (AvgIpc) is 3.08. The number of nitrogens with zero attached hydrogens (tertiary/aromatic N) is 4. The molecule has 0 radical (unpaired) electrons. The molecule has 0 aromatic carbocycles. The van der Waals surface area contributed by atoms with Crippen LogP contribution >= 0.6 is 7.82 Å². The van der Waals surface area contributed by atoms with Gasteiger partial charge in [0.25, 0.3) is 5.85 Å². The monoisotopic (exact) mass is 453 g/mol. The Morgan fingerprint density at radius 2 is 2.17 bits per heavy atom. The van der Waals surface area contributed by atoms with Crippen LogP contribution in [0.1, 0.15) is 27.7 Å². The zero-order valence-corrected chi connectivity index (χ0v) is 18.3. The van der Waals surface area contributed by atoms with Crippen molar-refractivity contribution in [2.75, 3.05) is 26.1 Å². The molecule has 2 aromatic heterocycles. The van der Waals surface area contributed by atoms with Crippen LogP contribution in [0.2, 0.25) is 0 Å². The Morgan fingerprint density at radius 3 is 2.70 bits per heavy atom. The summed E-state index contributed by atoms with van der Waals surface area (Å²) in [6, 6.07) is 0. The number of nitrogens with two attached hydrogens (primary N) is 1. The van der Waals surface area contributed by atoms with E-state index >= 15 is 0 Å². The minimum absolute atomic E-state index is 0.0427. The van der Waals surface area contributed by atoms with Crippen LogP contribution in [0.5, 0.6) is 5.88 Å². The topological polar surface area (TPSA) is 133 Å². The normalized spacial score (nSPS) is 26.5. The molecule has 2 N–H and O–H groups in total. The van der Waals surface area contributed by atoms with Crippen LogP contribution in [0.15, 0.2) is 6.33 Å². The molecule has 30 heavy (non-hydrogen) atoms. The van der Waals surface area contributed by atoms with E-state index in [-0.39, 0.29) is 17.9 Å². The van der Waals surface area contributed by atoms with Crippen molar-refractivity contribution in [3.8, 4) is 5.88 Å². The largest absolute Gasteiger partial charge is 0.476 e. The predicted molar refractivity (Wildman–Crippen MR) is 103 cm³/mol. The van der Waals surface area contributed by atoms with Crippen molar-refractivity contribution < 1.29 is 36.4 Å². The summed E-state index contributed by atoms with van der Waals surface area (Å²) in [5.41, 5.74) is 6.23. The summed E-state index contributed by atoms with van der Waals surface area (Å²) in [4.78, 5) is 11.7. The smallest absolute Gasteiger partial charge is 0.475 e. The molecular weight excluding hydrogens is 427 g/mol. The first-order valence-electron chi connectivity index (χ1n) is 9.10. The number of imidazole rings is 1. The third-order valence-electron chi connectivity index (χ3n) is 3.85. The maximum atomic E-state index is 13.7. The second-order valence-electron chi connectivity index (χ2n) is 6.44. The van der Waals surface area contributed by atoms with Crippen LogP contribution in [-0.2, 0) is 29.7 Å². The van der Waals surface area contributed by atoms with Crippen molar-refractivity contribution in [2.24, 2.45) is 0 Å². The van der Waals surface area contributed by atoms with E-state index in [1.54, 1.807) is 13.8 Å². The van der Waals surface area contributed by atoms with Gasteiger partial charge in [-0.15, -0.1) is 0 Å². The number of phosphoric ester groups is 1. The Labute approximate surface area is 172 Å². The summed E-state index contributed by atoms with van der Waals surface area (Å²) < 4.78 is 63.7. The fraction of sp³-hybridized carbons (Fsp3) is 0.688. The van der Waals surface area contributed by atoms with Gasteiger partial charge in [-0.05, 0) is 27.7 Å². The lowest BCUT2D eigenvalue weighted by molar-refractivity contribution is -0.223. The molecule has 14 heteroatoms. The highest BCUT2D eigenvalue weighted by Crippen LogP contribution is 2.56. The van der Waals surface area contributed by atoms with E-state index in [0.29, 0.717) is 17.8 Å². The third kappa shape index (κ3) is 5.61. The molecule has 0 bridgehead atoms.